The van der Waals surface area contributed by atoms with Gasteiger partial charge in [0.1, 0.15) is 0 Å². The van der Waals surface area contributed by atoms with E-state index in [4.69, 9.17) is 0 Å². The van der Waals surface area contributed by atoms with Crippen LogP contribution in [0.1, 0.15) is 39.0 Å². The highest BCUT2D eigenvalue weighted by Crippen LogP contribution is 2.16. The fraction of sp³-hybridized carbons (Fsp3) is 1.00. The molecule has 2 atom stereocenters. The summed E-state index contributed by atoms with van der Waals surface area (Å²) in [4.78, 5) is 2.47. The molecule has 0 aromatic rings. The van der Waals surface area contributed by atoms with E-state index in [1.165, 1.54) is 51.7 Å². The SMILES string of the molecule is CC1CC(NN2CCCCC2)CCN1C. The third-order valence-electron chi connectivity index (χ3n) is 3.93. The van der Waals surface area contributed by atoms with Gasteiger partial charge in [0, 0.05) is 25.2 Å². The first kappa shape index (κ1) is 11.4. The van der Waals surface area contributed by atoms with Crippen molar-refractivity contribution in [2.45, 2.75) is 51.1 Å². The molecule has 0 radical (unpaired) electrons. The average molecular weight is 211 g/mol. The monoisotopic (exact) mass is 211 g/mol. The van der Waals surface area contributed by atoms with Crippen molar-refractivity contribution in [1.29, 1.82) is 0 Å². The second-order valence-electron chi connectivity index (χ2n) is 5.23. The number of likely N-dealkylation sites (tertiary alicyclic amines) is 1. The zero-order chi connectivity index (χ0) is 10.7. The normalized spacial score (nSPS) is 35.6. The van der Waals surface area contributed by atoms with Crippen molar-refractivity contribution in [3.8, 4) is 0 Å². The summed E-state index contributed by atoms with van der Waals surface area (Å²) in [5.41, 5.74) is 3.72. The van der Waals surface area contributed by atoms with Gasteiger partial charge in [0.2, 0.25) is 0 Å². The van der Waals surface area contributed by atoms with Crippen molar-refractivity contribution in [3.05, 3.63) is 0 Å². The third-order valence-corrected chi connectivity index (χ3v) is 3.93. The molecule has 2 aliphatic rings. The van der Waals surface area contributed by atoms with Gasteiger partial charge in [-0.15, -0.1) is 0 Å². The highest BCUT2D eigenvalue weighted by atomic mass is 15.5. The third kappa shape index (κ3) is 3.16. The van der Waals surface area contributed by atoms with Gasteiger partial charge in [0.25, 0.3) is 0 Å². The molecule has 2 heterocycles. The summed E-state index contributed by atoms with van der Waals surface area (Å²) in [6.45, 7) is 6.08. The Morgan fingerprint density at radius 3 is 2.47 bits per heavy atom. The Morgan fingerprint density at radius 1 is 1.07 bits per heavy atom. The molecule has 0 aromatic carbocycles. The molecule has 1 N–H and O–H groups in total. The lowest BCUT2D eigenvalue weighted by Gasteiger charge is -2.39. The summed E-state index contributed by atoms with van der Waals surface area (Å²) in [6, 6.07) is 1.45. The largest absolute Gasteiger partial charge is 0.304 e. The Labute approximate surface area is 93.8 Å². The fourth-order valence-corrected chi connectivity index (χ4v) is 2.69. The first-order valence-electron chi connectivity index (χ1n) is 6.47. The van der Waals surface area contributed by atoms with Gasteiger partial charge in [0.15, 0.2) is 0 Å². The molecule has 3 heteroatoms. The van der Waals surface area contributed by atoms with Gasteiger partial charge in [-0.2, -0.15) is 0 Å². The molecule has 2 fully saturated rings. The smallest absolute Gasteiger partial charge is 0.0242 e. The van der Waals surface area contributed by atoms with E-state index in [0.717, 1.165) is 6.04 Å². The van der Waals surface area contributed by atoms with Crippen LogP contribution in [0.25, 0.3) is 0 Å². The van der Waals surface area contributed by atoms with E-state index >= 15 is 0 Å². The molecule has 0 bridgehead atoms. The number of hydrogen-bond donors (Lipinski definition) is 1. The molecule has 0 saturated carbocycles. The van der Waals surface area contributed by atoms with E-state index < -0.39 is 0 Å². The lowest BCUT2D eigenvalue weighted by atomic mass is 9.99. The highest BCUT2D eigenvalue weighted by Gasteiger charge is 2.24. The van der Waals surface area contributed by atoms with Crippen LogP contribution in [0.5, 0.6) is 0 Å². The Bertz CT molecular complexity index is 189. The van der Waals surface area contributed by atoms with E-state index in [-0.39, 0.29) is 0 Å². The van der Waals surface area contributed by atoms with E-state index in [2.05, 4.69) is 29.3 Å². The molecule has 2 aliphatic heterocycles. The van der Waals surface area contributed by atoms with Gasteiger partial charge >= 0.3 is 0 Å². The zero-order valence-electron chi connectivity index (χ0n) is 10.2. The van der Waals surface area contributed by atoms with Crippen LogP contribution in [-0.4, -0.2) is 48.7 Å². The second kappa shape index (κ2) is 5.28. The first-order valence-corrected chi connectivity index (χ1v) is 6.47. The molecule has 15 heavy (non-hydrogen) atoms. The molecule has 2 saturated heterocycles. The van der Waals surface area contributed by atoms with E-state index in [9.17, 15) is 0 Å². The molecule has 0 spiro atoms. The number of hydrogen-bond acceptors (Lipinski definition) is 3. The van der Waals surface area contributed by atoms with Gasteiger partial charge < -0.3 is 4.90 Å². The number of nitrogens with one attached hydrogen (secondary N) is 1. The lowest BCUT2D eigenvalue weighted by molar-refractivity contribution is 0.0818. The minimum absolute atomic E-state index is 0.717. The molecular formula is C12H25N3. The molecule has 2 rings (SSSR count). The minimum atomic E-state index is 0.717. The van der Waals surface area contributed by atoms with Gasteiger partial charge in [-0.05, 0) is 46.2 Å². The zero-order valence-corrected chi connectivity index (χ0v) is 10.2. The molecule has 2 unspecified atom stereocenters. The molecule has 0 aliphatic carbocycles. The van der Waals surface area contributed by atoms with Crippen LogP contribution < -0.4 is 5.43 Å². The van der Waals surface area contributed by atoms with Crippen LogP contribution in [0.4, 0.5) is 0 Å². The van der Waals surface area contributed by atoms with Crippen LogP contribution in [0, 0.1) is 0 Å². The average Bonchev–Trinajstić information content (AvgIpc) is 2.25. The summed E-state index contributed by atoms with van der Waals surface area (Å²) in [6.07, 6.45) is 6.76. The van der Waals surface area contributed by atoms with Crippen LogP contribution in [0.3, 0.4) is 0 Å². The number of piperidine rings is 2. The number of nitrogens with zero attached hydrogens (tertiary/aromatic N) is 2. The second-order valence-corrected chi connectivity index (χ2v) is 5.23. The fourth-order valence-electron chi connectivity index (χ4n) is 2.69. The van der Waals surface area contributed by atoms with Crippen molar-refractivity contribution in [3.63, 3.8) is 0 Å². The van der Waals surface area contributed by atoms with Crippen LogP contribution in [-0.2, 0) is 0 Å². The maximum atomic E-state index is 3.72. The Hall–Kier alpha value is -0.120. The molecule has 0 aromatic heterocycles. The van der Waals surface area contributed by atoms with Gasteiger partial charge in [-0.1, -0.05) is 6.42 Å². The summed E-state index contributed by atoms with van der Waals surface area (Å²) in [7, 11) is 2.24. The molecule has 0 amide bonds. The van der Waals surface area contributed by atoms with Gasteiger partial charge in [-0.25, -0.2) is 5.01 Å². The Kier molecular flexibility index (Phi) is 4.00. The predicted molar refractivity (Wildman–Crippen MR) is 63.7 cm³/mol. The minimum Gasteiger partial charge on any atom is -0.304 e. The Balaban J connectivity index is 1.74. The molecule has 88 valence electrons. The topological polar surface area (TPSA) is 18.5 Å². The maximum absolute atomic E-state index is 3.72. The summed E-state index contributed by atoms with van der Waals surface area (Å²) < 4.78 is 0. The Morgan fingerprint density at radius 2 is 1.80 bits per heavy atom. The van der Waals surface area contributed by atoms with Crippen molar-refractivity contribution in [2.75, 3.05) is 26.7 Å². The summed E-state index contributed by atoms with van der Waals surface area (Å²) in [5.74, 6) is 0. The van der Waals surface area contributed by atoms with Crippen molar-refractivity contribution in [2.24, 2.45) is 0 Å². The summed E-state index contributed by atoms with van der Waals surface area (Å²) >= 11 is 0. The first-order chi connectivity index (χ1) is 7.25. The maximum Gasteiger partial charge on any atom is 0.0242 e. The molecule has 3 nitrogen and oxygen atoms in total. The van der Waals surface area contributed by atoms with Crippen molar-refractivity contribution < 1.29 is 0 Å². The van der Waals surface area contributed by atoms with Crippen LogP contribution in [0.15, 0.2) is 0 Å². The molecular weight excluding hydrogens is 186 g/mol. The number of hydrazine groups is 1. The lowest BCUT2D eigenvalue weighted by Crippen LogP contribution is -2.52. The highest BCUT2D eigenvalue weighted by molar-refractivity contribution is 4.81. The van der Waals surface area contributed by atoms with Crippen molar-refractivity contribution in [1.82, 2.24) is 15.3 Å². The standard InChI is InChI=1S/C12H25N3/c1-11-10-12(6-9-14(11)2)13-15-7-4-3-5-8-15/h11-13H,3-10H2,1-2H3. The van der Waals surface area contributed by atoms with Gasteiger partial charge in [-0.3, -0.25) is 5.43 Å². The van der Waals surface area contributed by atoms with E-state index in [1.807, 2.05) is 0 Å². The quantitative estimate of drug-likeness (QED) is 0.746. The van der Waals surface area contributed by atoms with Crippen molar-refractivity contribution >= 4 is 0 Å². The van der Waals surface area contributed by atoms with E-state index in [1.54, 1.807) is 0 Å². The van der Waals surface area contributed by atoms with E-state index in [0.29, 0.717) is 6.04 Å². The van der Waals surface area contributed by atoms with Gasteiger partial charge in [0.05, 0.1) is 0 Å². The number of rotatable bonds is 2. The van der Waals surface area contributed by atoms with Crippen LogP contribution in [0.2, 0.25) is 0 Å². The van der Waals surface area contributed by atoms with Crippen LogP contribution >= 0.6 is 0 Å². The predicted octanol–water partition coefficient (Wildman–Crippen LogP) is 1.46. The summed E-state index contributed by atoms with van der Waals surface area (Å²) in [5, 5.41) is 2.45.